The molecule has 0 radical (unpaired) electrons. The Morgan fingerprint density at radius 1 is 0.944 bits per heavy atom. The second kappa shape index (κ2) is 9.36. The highest BCUT2D eigenvalue weighted by molar-refractivity contribution is 5.79. The molecule has 0 saturated carbocycles. The molecule has 6 rings (SSSR count). The molecule has 0 aromatic heterocycles. The monoisotopic (exact) mass is 477 g/mol. The molecule has 36 heavy (non-hydrogen) atoms. The van der Waals surface area contributed by atoms with Crippen LogP contribution in [0.15, 0.2) is 113 Å². The highest BCUT2D eigenvalue weighted by atomic mass is 16.5. The van der Waals surface area contributed by atoms with Crippen LogP contribution < -0.4 is 10.4 Å². The number of benzene rings is 2. The molecule has 0 amide bonds. The maximum Gasteiger partial charge on any atom is 0.157 e. The third-order valence-corrected chi connectivity index (χ3v) is 7.39. The van der Waals surface area contributed by atoms with Gasteiger partial charge in [0.25, 0.3) is 0 Å². The van der Waals surface area contributed by atoms with Crippen molar-refractivity contribution in [3.63, 3.8) is 0 Å². The first-order chi connectivity index (χ1) is 17.7. The van der Waals surface area contributed by atoms with Gasteiger partial charge in [0.1, 0.15) is 12.4 Å². The molecule has 3 aliphatic carbocycles. The highest BCUT2D eigenvalue weighted by Gasteiger charge is 2.44. The van der Waals surface area contributed by atoms with Crippen LogP contribution in [0.1, 0.15) is 12.5 Å². The lowest BCUT2D eigenvalue weighted by molar-refractivity contribution is 0.0290. The van der Waals surface area contributed by atoms with E-state index in [-0.39, 0.29) is 17.9 Å². The van der Waals surface area contributed by atoms with E-state index in [4.69, 9.17) is 14.2 Å². The summed E-state index contributed by atoms with van der Waals surface area (Å²) in [5, 5.41) is 2.49. The summed E-state index contributed by atoms with van der Waals surface area (Å²) in [7, 11) is 3.85. The van der Waals surface area contributed by atoms with Crippen molar-refractivity contribution < 1.29 is 14.2 Å². The summed E-state index contributed by atoms with van der Waals surface area (Å²) in [5.41, 5.74) is 6.09. The molecule has 0 fully saturated rings. The number of rotatable bonds is 6. The summed E-state index contributed by atoms with van der Waals surface area (Å²) >= 11 is 0. The summed E-state index contributed by atoms with van der Waals surface area (Å²) in [6.45, 7) is 3.16. The molecule has 1 aliphatic heterocycles. The Labute approximate surface area is 212 Å². The molecular formula is C32H31NO3. The Bertz CT molecular complexity index is 1460. The van der Waals surface area contributed by atoms with E-state index in [0.29, 0.717) is 13.2 Å². The van der Waals surface area contributed by atoms with Gasteiger partial charge in [-0.1, -0.05) is 78.9 Å². The van der Waals surface area contributed by atoms with Gasteiger partial charge in [-0.2, -0.15) is 0 Å². The second-order valence-corrected chi connectivity index (χ2v) is 9.49. The van der Waals surface area contributed by atoms with Gasteiger partial charge in [0.2, 0.25) is 0 Å². The zero-order valence-corrected chi connectivity index (χ0v) is 21.0. The van der Waals surface area contributed by atoms with E-state index in [2.05, 4.69) is 85.8 Å². The summed E-state index contributed by atoms with van der Waals surface area (Å²) in [5.74, 6) is 1.67. The molecule has 0 N–H and O–H groups in total. The molecule has 3 unspecified atom stereocenters. The van der Waals surface area contributed by atoms with Gasteiger partial charge in [-0.05, 0) is 40.1 Å². The van der Waals surface area contributed by atoms with Gasteiger partial charge < -0.3 is 19.1 Å². The van der Waals surface area contributed by atoms with E-state index >= 15 is 0 Å². The molecule has 0 bridgehead atoms. The van der Waals surface area contributed by atoms with Crippen molar-refractivity contribution in [3.05, 3.63) is 129 Å². The number of nitrogens with zero attached hydrogens (tertiary/aromatic N) is 1. The molecule has 2 aromatic rings. The maximum absolute atomic E-state index is 6.59. The number of methoxy groups -OCH3 is 1. The smallest absolute Gasteiger partial charge is 0.157 e. The van der Waals surface area contributed by atoms with E-state index in [1.807, 2.05) is 24.3 Å². The Balaban J connectivity index is 1.50. The molecule has 3 atom stereocenters. The van der Waals surface area contributed by atoms with Gasteiger partial charge in [0, 0.05) is 31.3 Å². The standard InChI is InChI=1S/C32H31NO3/c1-4-35-32-28-22(14-16-26-25-13-9-8-12-24(25)19-33(2)30(26)28)18-23-15-17-27(34-3)31(29(23)32)36-20-21-10-6-5-7-11-21/h5-19,22,29,32H,4,20H2,1-3H3. The number of hydrogen-bond donors (Lipinski definition) is 0. The lowest BCUT2D eigenvalue weighted by atomic mass is 9.70. The lowest BCUT2D eigenvalue weighted by Crippen LogP contribution is -2.43. The van der Waals surface area contributed by atoms with Crippen molar-refractivity contribution in [2.75, 3.05) is 20.8 Å². The van der Waals surface area contributed by atoms with Crippen LogP contribution >= 0.6 is 0 Å². The predicted molar refractivity (Wildman–Crippen MR) is 142 cm³/mol. The first kappa shape index (κ1) is 22.7. The van der Waals surface area contributed by atoms with Crippen molar-refractivity contribution >= 4 is 11.8 Å². The van der Waals surface area contributed by atoms with Crippen LogP contribution in [0.3, 0.4) is 0 Å². The lowest BCUT2D eigenvalue weighted by Gasteiger charge is -2.43. The Morgan fingerprint density at radius 2 is 1.75 bits per heavy atom. The SMILES string of the molecule is CCOC1C2=C3C(=c4ccccc4=CN3C)C=CC2C=C2C=CC(OC)=C(OCc3ccccc3)C21. The zero-order valence-electron chi connectivity index (χ0n) is 21.0. The fraction of sp³-hybridized carbons (Fsp3) is 0.250. The van der Waals surface area contributed by atoms with Gasteiger partial charge in [0.05, 0.1) is 24.8 Å². The normalized spacial score (nSPS) is 23.9. The van der Waals surface area contributed by atoms with Crippen LogP contribution in [0.5, 0.6) is 0 Å². The van der Waals surface area contributed by atoms with Gasteiger partial charge in [-0.15, -0.1) is 0 Å². The largest absolute Gasteiger partial charge is 0.493 e. The van der Waals surface area contributed by atoms with Crippen LogP contribution in [-0.4, -0.2) is 31.8 Å². The van der Waals surface area contributed by atoms with Crippen LogP contribution in [0.4, 0.5) is 0 Å². The second-order valence-electron chi connectivity index (χ2n) is 9.49. The minimum absolute atomic E-state index is 0.0781. The average Bonchev–Trinajstić information content (AvgIpc) is 2.91. The molecule has 2 aromatic carbocycles. The van der Waals surface area contributed by atoms with Crippen LogP contribution in [0.25, 0.3) is 11.8 Å². The molecule has 4 heteroatoms. The van der Waals surface area contributed by atoms with Crippen molar-refractivity contribution in [2.24, 2.45) is 11.8 Å². The summed E-state index contributed by atoms with van der Waals surface area (Å²) in [6, 6.07) is 18.9. The van der Waals surface area contributed by atoms with Crippen molar-refractivity contribution in [1.29, 1.82) is 0 Å². The van der Waals surface area contributed by atoms with E-state index in [0.717, 1.165) is 17.1 Å². The number of ether oxygens (including phenoxy) is 3. The quantitative estimate of drug-likeness (QED) is 0.610. The highest BCUT2D eigenvalue weighted by Crippen LogP contribution is 2.48. The van der Waals surface area contributed by atoms with Gasteiger partial charge in [-0.3, -0.25) is 0 Å². The van der Waals surface area contributed by atoms with Crippen LogP contribution in [0.2, 0.25) is 0 Å². The number of hydrogen-bond acceptors (Lipinski definition) is 4. The van der Waals surface area contributed by atoms with Gasteiger partial charge in [0.15, 0.2) is 5.76 Å². The fourth-order valence-electron chi connectivity index (χ4n) is 5.86. The van der Waals surface area contributed by atoms with Crippen LogP contribution in [0, 0.1) is 11.8 Å². The molecule has 4 aliphatic rings. The Kier molecular flexibility index (Phi) is 5.90. The molecule has 0 spiro atoms. The van der Waals surface area contributed by atoms with E-state index < -0.39 is 0 Å². The third-order valence-electron chi connectivity index (χ3n) is 7.39. The zero-order chi connectivity index (χ0) is 24.6. The first-order valence-electron chi connectivity index (χ1n) is 12.6. The van der Waals surface area contributed by atoms with E-state index in [1.165, 1.54) is 32.9 Å². The van der Waals surface area contributed by atoms with E-state index in [9.17, 15) is 0 Å². The fourth-order valence-corrected chi connectivity index (χ4v) is 5.86. The molecule has 0 saturated heterocycles. The number of allylic oxidation sites excluding steroid dienone is 5. The summed E-state index contributed by atoms with van der Waals surface area (Å²) in [4.78, 5) is 2.26. The molecule has 1 heterocycles. The predicted octanol–water partition coefficient (Wildman–Crippen LogP) is 4.57. The van der Waals surface area contributed by atoms with Crippen molar-refractivity contribution in [2.45, 2.75) is 19.6 Å². The minimum Gasteiger partial charge on any atom is -0.493 e. The van der Waals surface area contributed by atoms with Gasteiger partial charge in [-0.25, -0.2) is 0 Å². The average molecular weight is 478 g/mol. The molecular weight excluding hydrogens is 446 g/mol. The molecule has 4 nitrogen and oxygen atoms in total. The van der Waals surface area contributed by atoms with Crippen molar-refractivity contribution in [1.82, 2.24) is 4.90 Å². The first-order valence-corrected chi connectivity index (χ1v) is 12.6. The maximum atomic E-state index is 6.59. The third kappa shape index (κ3) is 3.73. The Hall–Kier alpha value is -3.76. The number of fused-ring (bicyclic) bond motifs is 4. The molecule has 182 valence electrons. The summed E-state index contributed by atoms with van der Waals surface area (Å²) in [6.07, 6.45) is 13.2. The van der Waals surface area contributed by atoms with Gasteiger partial charge >= 0.3 is 0 Å². The van der Waals surface area contributed by atoms with Crippen LogP contribution in [-0.2, 0) is 20.8 Å². The Morgan fingerprint density at radius 3 is 2.56 bits per heavy atom. The van der Waals surface area contributed by atoms with Crippen molar-refractivity contribution in [3.8, 4) is 0 Å². The topological polar surface area (TPSA) is 30.9 Å². The van der Waals surface area contributed by atoms with E-state index in [1.54, 1.807) is 7.11 Å². The minimum atomic E-state index is -0.170. The summed E-state index contributed by atoms with van der Waals surface area (Å²) < 4.78 is 18.9.